The van der Waals surface area contributed by atoms with E-state index in [0.717, 1.165) is 6.42 Å². The van der Waals surface area contributed by atoms with Crippen LogP contribution in [0.1, 0.15) is 26.2 Å². The molecule has 3 amide bonds. The van der Waals surface area contributed by atoms with Crippen LogP contribution in [0.3, 0.4) is 0 Å². The second-order valence-electron chi connectivity index (χ2n) is 6.79. The third-order valence-corrected chi connectivity index (χ3v) is 4.65. The Morgan fingerprint density at radius 1 is 1.33 bits per heavy atom. The number of hydrogen-bond donors (Lipinski definition) is 4. The van der Waals surface area contributed by atoms with Crippen LogP contribution >= 0.6 is 0 Å². The highest BCUT2D eigenvalue weighted by molar-refractivity contribution is 5.88. The number of urea groups is 1. The van der Waals surface area contributed by atoms with Crippen molar-refractivity contribution in [3.05, 3.63) is 24.5 Å². The average molecular weight is 378 g/mol. The highest BCUT2D eigenvalue weighted by atomic mass is 16.6. The van der Waals surface area contributed by atoms with Crippen LogP contribution in [0, 0.1) is 0 Å². The van der Waals surface area contributed by atoms with Gasteiger partial charge in [-0.3, -0.25) is 9.78 Å². The number of carbonyl (C=O) groups excluding carboxylic acids is 2. The number of carbonyl (C=O) groups is 2. The quantitative estimate of drug-likeness (QED) is 0.545. The van der Waals surface area contributed by atoms with Gasteiger partial charge in [-0.25, -0.2) is 4.79 Å². The smallest absolute Gasteiger partial charge is 0.319 e. The second kappa shape index (κ2) is 9.12. The van der Waals surface area contributed by atoms with E-state index in [2.05, 4.69) is 20.9 Å². The molecular weight excluding hydrogens is 352 g/mol. The summed E-state index contributed by atoms with van der Waals surface area (Å²) in [7, 11) is 0. The Labute approximate surface area is 157 Å². The van der Waals surface area contributed by atoms with Gasteiger partial charge in [-0.1, -0.05) is 6.92 Å². The van der Waals surface area contributed by atoms with Gasteiger partial charge >= 0.3 is 6.03 Å². The number of pyridine rings is 1. The fourth-order valence-corrected chi connectivity index (χ4v) is 3.36. The van der Waals surface area contributed by atoms with Crippen LogP contribution in [0.2, 0.25) is 0 Å². The maximum Gasteiger partial charge on any atom is 0.319 e. The number of fused-ring (bicyclic) bond motifs is 1. The van der Waals surface area contributed by atoms with E-state index in [-0.39, 0.29) is 31.1 Å². The molecule has 3 heterocycles. The number of aromatic nitrogens is 1. The van der Waals surface area contributed by atoms with Crippen molar-refractivity contribution in [2.45, 2.75) is 56.7 Å². The van der Waals surface area contributed by atoms with Crippen LogP contribution in [0.4, 0.5) is 10.5 Å². The summed E-state index contributed by atoms with van der Waals surface area (Å²) in [6, 6.07) is 3.04. The first kappa shape index (κ1) is 19.5. The summed E-state index contributed by atoms with van der Waals surface area (Å²) in [5.74, 6) is -0.0541. The fourth-order valence-electron chi connectivity index (χ4n) is 3.36. The molecule has 9 nitrogen and oxygen atoms in total. The van der Waals surface area contributed by atoms with Crippen molar-refractivity contribution in [2.75, 3.05) is 18.4 Å². The molecule has 0 aliphatic carbocycles. The number of aliphatic hydroxyl groups is 1. The highest BCUT2D eigenvalue weighted by Crippen LogP contribution is 2.35. The Morgan fingerprint density at radius 3 is 2.89 bits per heavy atom. The molecule has 1 aromatic rings. The molecule has 27 heavy (non-hydrogen) atoms. The molecule has 2 fully saturated rings. The van der Waals surface area contributed by atoms with Gasteiger partial charge in [0.05, 0.1) is 30.5 Å². The van der Waals surface area contributed by atoms with E-state index in [4.69, 9.17) is 9.47 Å². The third kappa shape index (κ3) is 5.15. The van der Waals surface area contributed by atoms with Crippen LogP contribution < -0.4 is 16.0 Å². The largest absolute Gasteiger partial charge is 0.388 e. The average Bonchev–Trinajstić information content (AvgIpc) is 3.17. The lowest BCUT2D eigenvalue weighted by Gasteiger charge is -2.20. The number of hydrogen-bond acceptors (Lipinski definition) is 6. The van der Waals surface area contributed by atoms with Gasteiger partial charge in [0.25, 0.3) is 0 Å². The monoisotopic (exact) mass is 378 g/mol. The van der Waals surface area contributed by atoms with Crippen molar-refractivity contribution in [1.82, 2.24) is 15.6 Å². The molecule has 0 radical (unpaired) electrons. The number of nitrogens with one attached hydrogen (secondary N) is 3. The summed E-state index contributed by atoms with van der Waals surface area (Å²) in [6.45, 7) is 2.80. The van der Waals surface area contributed by atoms with E-state index in [1.165, 1.54) is 6.20 Å². The first-order chi connectivity index (χ1) is 13.1. The summed E-state index contributed by atoms with van der Waals surface area (Å²) in [6.07, 6.45) is 2.47. The van der Waals surface area contributed by atoms with Crippen LogP contribution in [0.5, 0.6) is 0 Å². The van der Waals surface area contributed by atoms with Gasteiger partial charge < -0.3 is 30.5 Å². The van der Waals surface area contributed by atoms with Crippen molar-refractivity contribution in [1.29, 1.82) is 0 Å². The van der Waals surface area contributed by atoms with E-state index in [1.807, 2.05) is 6.92 Å². The van der Waals surface area contributed by atoms with Gasteiger partial charge in [0.1, 0.15) is 18.3 Å². The fraction of sp³-hybridized carbons (Fsp3) is 0.611. The van der Waals surface area contributed by atoms with E-state index >= 15 is 0 Å². The van der Waals surface area contributed by atoms with Crippen molar-refractivity contribution >= 4 is 17.6 Å². The molecule has 0 aromatic carbocycles. The van der Waals surface area contributed by atoms with Crippen molar-refractivity contribution in [3.8, 4) is 0 Å². The molecule has 0 spiro atoms. The van der Waals surface area contributed by atoms with Gasteiger partial charge in [-0.2, -0.15) is 0 Å². The predicted octanol–water partition coefficient (Wildman–Crippen LogP) is 0.405. The standard InChI is InChI=1S/C18H26N4O5/c1-2-5-20-15(23)8-12-7-13-17(26-12)16(24)14(27-13)10-21-18(25)22-11-4-3-6-19-9-11/h3-4,6,9,12-14,16-17,24H,2,5,7-8,10H2,1H3,(H,20,23)(H2,21,22,25)/t12-,13+,14+,16+,17-/m0/s1. The van der Waals surface area contributed by atoms with Gasteiger partial charge in [-0.15, -0.1) is 0 Å². The zero-order valence-corrected chi connectivity index (χ0v) is 15.3. The van der Waals surface area contributed by atoms with Crippen LogP contribution in [-0.2, 0) is 14.3 Å². The van der Waals surface area contributed by atoms with E-state index in [0.29, 0.717) is 18.7 Å². The van der Waals surface area contributed by atoms with Crippen LogP contribution in [0.15, 0.2) is 24.5 Å². The molecule has 2 aliphatic heterocycles. The topological polar surface area (TPSA) is 122 Å². The Kier molecular flexibility index (Phi) is 6.59. The van der Waals surface area contributed by atoms with Gasteiger partial charge in [0.2, 0.25) is 5.91 Å². The van der Waals surface area contributed by atoms with Crippen LogP contribution in [0.25, 0.3) is 0 Å². The van der Waals surface area contributed by atoms with Crippen molar-refractivity contribution < 1.29 is 24.2 Å². The Morgan fingerprint density at radius 2 is 2.19 bits per heavy atom. The van der Waals surface area contributed by atoms with E-state index in [9.17, 15) is 14.7 Å². The van der Waals surface area contributed by atoms with E-state index < -0.39 is 24.3 Å². The zero-order valence-electron chi connectivity index (χ0n) is 15.3. The molecule has 148 valence electrons. The molecule has 0 unspecified atom stereocenters. The molecule has 3 rings (SSSR count). The molecule has 5 atom stereocenters. The van der Waals surface area contributed by atoms with Gasteiger partial charge in [-0.05, 0) is 18.6 Å². The van der Waals surface area contributed by atoms with Gasteiger partial charge in [0, 0.05) is 25.7 Å². The molecular formula is C18H26N4O5. The number of anilines is 1. The SMILES string of the molecule is CCCNC(=O)C[C@@H]1C[C@H]2O[C@H](CNC(=O)Nc3cccnc3)[C@@H](O)[C@H]2O1. The minimum Gasteiger partial charge on any atom is -0.388 e. The maximum atomic E-state index is 11.9. The third-order valence-electron chi connectivity index (χ3n) is 4.65. The zero-order chi connectivity index (χ0) is 19.2. The second-order valence-corrected chi connectivity index (χ2v) is 6.79. The predicted molar refractivity (Wildman–Crippen MR) is 97.1 cm³/mol. The normalized spacial score (nSPS) is 29.2. The van der Waals surface area contributed by atoms with Crippen molar-refractivity contribution in [3.63, 3.8) is 0 Å². The first-order valence-corrected chi connectivity index (χ1v) is 9.27. The summed E-state index contributed by atoms with van der Waals surface area (Å²) in [5, 5.41) is 18.6. The molecule has 2 saturated heterocycles. The molecule has 1 aromatic heterocycles. The maximum absolute atomic E-state index is 11.9. The Bertz CT molecular complexity index is 644. The molecule has 0 saturated carbocycles. The van der Waals surface area contributed by atoms with Crippen LogP contribution in [-0.4, -0.2) is 65.6 Å². The lowest BCUT2D eigenvalue weighted by molar-refractivity contribution is -0.124. The first-order valence-electron chi connectivity index (χ1n) is 9.27. The minimum absolute atomic E-state index is 0.0541. The lowest BCUT2D eigenvalue weighted by Crippen LogP contribution is -2.42. The Balaban J connectivity index is 1.40. The minimum atomic E-state index is -0.850. The summed E-state index contributed by atoms with van der Waals surface area (Å²) >= 11 is 0. The molecule has 4 N–H and O–H groups in total. The molecule has 9 heteroatoms. The molecule has 2 aliphatic rings. The van der Waals surface area contributed by atoms with Gasteiger partial charge in [0.15, 0.2) is 0 Å². The number of ether oxygens (including phenoxy) is 2. The summed E-state index contributed by atoms with van der Waals surface area (Å²) < 4.78 is 11.6. The summed E-state index contributed by atoms with van der Waals surface area (Å²) in [5.41, 5.74) is 0.576. The van der Waals surface area contributed by atoms with E-state index in [1.54, 1.807) is 18.3 Å². The highest BCUT2D eigenvalue weighted by Gasteiger charge is 2.50. The number of nitrogens with zero attached hydrogens (tertiary/aromatic N) is 1. The molecule has 0 bridgehead atoms. The number of amides is 3. The van der Waals surface area contributed by atoms with Crippen molar-refractivity contribution in [2.24, 2.45) is 0 Å². The summed E-state index contributed by atoms with van der Waals surface area (Å²) in [4.78, 5) is 27.6. The lowest BCUT2D eigenvalue weighted by atomic mass is 10.1. The number of aliphatic hydroxyl groups excluding tert-OH is 1. The Hall–Kier alpha value is -2.23. The number of rotatable bonds is 7.